The molecule has 0 aromatic heterocycles. The summed E-state index contributed by atoms with van der Waals surface area (Å²) in [6, 6.07) is 19.6. The first kappa shape index (κ1) is 33.2. The molecule has 0 unspecified atom stereocenters. The second-order valence-corrected chi connectivity index (χ2v) is 12.7. The molecule has 226 valence electrons. The van der Waals surface area contributed by atoms with Crippen molar-refractivity contribution in [1.29, 1.82) is 0 Å². The van der Waals surface area contributed by atoms with Gasteiger partial charge in [0.1, 0.15) is 18.3 Å². The molecule has 0 fully saturated rings. The highest BCUT2D eigenvalue weighted by atomic mass is 35.5. The Morgan fingerprint density at radius 2 is 1.55 bits per heavy atom. The Hall–Kier alpha value is -3.27. The van der Waals surface area contributed by atoms with Gasteiger partial charge in [0.05, 0.1) is 18.6 Å². The van der Waals surface area contributed by atoms with E-state index in [-0.39, 0.29) is 30.6 Å². The molecule has 2 atom stereocenters. The fourth-order valence-electron chi connectivity index (χ4n) is 4.34. The molecule has 3 rings (SSSR count). The van der Waals surface area contributed by atoms with E-state index in [1.807, 2.05) is 51.1 Å². The van der Waals surface area contributed by atoms with Gasteiger partial charge >= 0.3 is 0 Å². The average Bonchev–Trinajstić information content (AvgIpc) is 2.95. The minimum atomic E-state index is -3.90. The number of amides is 2. The zero-order valence-corrected chi connectivity index (χ0v) is 26.5. The van der Waals surface area contributed by atoms with E-state index in [1.165, 1.54) is 4.90 Å². The fraction of sp³-hybridized carbons (Fsp3) is 0.355. The van der Waals surface area contributed by atoms with Gasteiger partial charge in [-0.15, -0.1) is 0 Å². The standard InChI is InChI=1S/C31H37Cl2N3O5S/c1-5-22(3)34-31(38)29(19-23-11-8-7-9-12-23)35(20-26-27(32)13-10-14-28(26)33)30(37)21-36(42(4,39)40)24-15-17-25(18-16-24)41-6-2/h7-18,22,29H,5-6,19-21H2,1-4H3,(H,34,38)/t22-,29-/m1/s1. The zero-order valence-electron chi connectivity index (χ0n) is 24.2. The Morgan fingerprint density at radius 1 is 0.929 bits per heavy atom. The highest BCUT2D eigenvalue weighted by Gasteiger charge is 2.34. The quantitative estimate of drug-likeness (QED) is 0.245. The molecule has 11 heteroatoms. The van der Waals surface area contributed by atoms with Crippen LogP contribution in [0.25, 0.3) is 0 Å². The molecule has 3 aromatic rings. The monoisotopic (exact) mass is 633 g/mol. The number of benzene rings is 3. The van der Waals surface area contributed by atoms with Crippen LogP contribution in [0.4, 0.5) is 5.69 Å². The number of rotatable bonds is 14. The summed E-state index contributed by atoms with van der Waals surface area (Å²) in [5.41, 5.74) is 1.57. The van der Waals surface area contributed by atoms with Crippen LogP contribution in [0.2, 0.25) is 10.0 Å². The molecule has 8 nitrogen and oxygen atoms in total. The molecule has 0 heterocycles. The average molecular weight is 635 g/mol. The molecule has 42 heavy (non-hydrogen) atoms. The lowest BCUT2D eigenvalue weighted by molar-refractivity contribution is -0.140. The van der Waals surface area contributed by atoms with Gasteiger partial charge in [-0.05, 0) is 62.2 Å². The normalized spacial score (nSPS) is 12.7. The van der Waals surface area contributed by atoms with E-state index in [0.717, 1.165) is 16.1 Å². The van der Waals surface area contributed by atoms with E-state index in [4.69, 9.17) is 27.9 Å². The van der Waals surface area contributed by atoms with E-state index < -0.39 is 28.5 Å². The lowest BCUT2D eigenvalue weighted by Gasteiger charge is -2.34. The van der Waals surface area contributed by atoms with Crippen molar-refractivity contribution in [2.24, 2.45) is 0 Å². The molecule has 0 bridgehead atoms. The summed E-state index contributed by atoms with van der Waals surface area (Å²) in [5, 5.41) is 3.64. The van der Waals surface area contributed by atoms with E-state index in [1.54, 1.807) is 42.5 Å². The highest BCUT2D eigenvalue weighted by molar-refractivity contribution is 7.92. The Bertz CT molecular complexity index is 1430. The summed E-state index contributed by atoms with van der Waals surface area (Å²) in [7, 11) is -3.90. The molecule has 3 aromatic carbocycles. The van der Waals surface area contributed by atoms with Crippen LogP contribution in [0.5, 0.6) is 5.75 Å². The molecule has 0 radical (unpaired) electrons. The Balaban J connectivity index is 2.08. The van der Waals surface area contributed by atoms with Crippen LogP contribution in [0.15, 0.2) is 72.8 Å². The lowest BCUT2D eigenvalue weighted by atomic mass is 10.0. The van der Waals surface area contributed by atoms with Gasteiger partial charge in [0.25, 0.3) is 0 Å². The minimum Gasteiger partial charge on any atom is -0.494 e. The number of carbonyl (C=O) groups is 2. The highest BCUT2D eigenvalue weighted by Crippen LogP contribution is 2.28. The van der Waals surface area contributed by atoms with Crippen molar-refractivity contribution in [2.75, 3.05) is 23.7 Å². The van der Waals surface area contributed by atoms with Gasteiger partial charge in [0, 0.05) is 34.6 Å². The third-order valence-electron chi connectivity index (χ3n) is 6.78. The molecule has 0 saturated carbocycles. The van der Waals surface area contributed by atoms with Crippen molar-refractivity contribution in [3.05, 3.63) is 94.0 Å². The van der Waals surface area contributed by atoms with Gasteiger partial charge in [-0.2, -0.15) is 0 Å². The number of ether oxygens (including phenoxy) is 1. The van der Waals surface area contributed by atoms with Crippen molar-refractivity contribution >= 4 is 50.7 Å². The maximum absolute atomic E-state index is 14.2. The maximum Gasteiger partial charge on any atom is 0.244 e. The lowest BCUT2D eigenvalue weighted by Crippen LogP contribution is -2.54. The number of halogens is 2. The molecular formula is C31H37Cl2N3O5S. The molecule has 0 aliphatic rings. The second-order valence-electron chi connectivity index (χ2n) is 9.94. The summed E-state index contributed by atoms with van der Waals surface area (Å²) in [5.74, 6) is -0.386. The third-order valence-corrected chi connectivity index (χ3v) is 8.63. The molecule has 0 spiro atoms. The third kappa shape index (κ3) is 9.11. The van der Waals surface area contributed by atoms with Gasteiger partial charge in [0.15, 0.2) is 0 Å². The van der Waals surface area contributed by atoms with Crippen LogP contribution in [0, 0.1) is 0 Å². The van der Waals surface area contributed by atoms with Gasteiger partial charge in [0.2, 0.25) is 21.8 Å². The molecule has 2 amide bonds. The van der Waals surface area contributed by atoms with Gasteiger partial charge in [-0.3, -0.25) is 13.9 Å². The number of sulfonamides is 1. The minimum absolute atomic E-state index is 0.107. The topological polar surface area (TPSA) is 96.0 Å². The van der Waals surface area contributed by atoms with Gasteiger partial charge in [-0.1, -0.05) is 66.5 Å². The van der Waals surface area contributed by atoms with Gasteiger partial charge < -0.3 is 15.0 Å². The molecule has 1 N–H and O–H groups in total. The summed E-state index contributed by atoms with van der Waals surface area (Å²) in [6.45, 7) is 5.48. The van der Waals surface area contributed by atoms with Crippen LogP contribution in [-0.4, -0.2) is 56.6 Å². The Morgan fingerprint density at radius 3 is 2.10 bits per heavy atom. The number of hydrogen-bond donors (Lipinski definition) is 1. The number of nitrogens with one attached hydrogen (secondary N) is 1. The second kappa shape index (κ2) is 15.3. The predicted molar refractivity (Wildman–Crippen MR) is 169 cm³/mol. The van der Waals surface area contributed by atoms with Crippen molar-refractivity contribution in [3.63, 3.8) is 0 Å². The Kier molecular flexibility index (Phi) is 12.1. The van der Waals surface area contributed by atoms with Crippen LogP contribution in [0.1, 0.15) is 38.3 Å². The summed E-state index contributed by atoms with van der Waals surface area (Å²) in [6.07, 6.45) is 1.91. The number of hydrogen-bond acceptors (Lipinski definition) is 5. The number of nitrogens with zero attached hydrogens (tertiary/aromatic N) is 2. The zero-order chi connectivity index (χ0) is 30.9. The van der Waals surface area contributed by atoms with E-state index in [0.29, 0.717) is 34.4 Å². The van der Waals surface area contributed by atoms with Crippen LogP contribution in [-0.2, 0) is 32.6 Å². The SMILES string of the molecule is CCOc1ccc(N(CC(=O)N(Cc2c(Cl)cccc2Cl)[C@H](Cc2ccccc2)C(=O)N[C@H](C)CC)S(C)(=O)=O)cc1. The number of carbonyl (C=O) groups excluding carboxylic acids is 2. The molecular weight excluding hydrogens is 597 g/mol. The van der Waals surface area contributed by atoms with Crippen LogP contribution in [0.3, 0.4) is 0 Å². The first-order valence-electron chi connectivity index (χ1n) is 13.7. The van der Waals surface area contributed by atoms with E-state index in [2.05, 4.69) is 5.32 Å². The van der Waals surface area contributed by atoms with E-state index in [9.17, 15) is 18.0 Å². The molecule has 0 aliphatic carbocycles. The van der Waals surface area contributed by atoms with Gasteiger partial charge in [-0.25, -0.2) is 8.42 Å². The first-order valence-corrected chi connectivity index (χ1v) is 16.3. The van der Waals surface area contributed by atoms with Crippen molar-refractivity contribution in [3.8, 4) is 5.75 Å². The number of anilines is 1. The first-order chi connectivity index (χ1) is 19.9. The Labute approximate surface area is 258 Å². The summed E-state index contributed by atoms with van der Waals surface area (Å²) in [4.78, 5) is 29.3. The smallest absolute Gasteiger partial charge is 0.244 e. The van der Waals surface area contributed by atoms with E-state index >= 15 is 0 Å². The fourth-order valence-corrected chi connectivity index (χ4v) is 5.70. The van der Waals surface area contributed by atoms with Crippen molar-refractivity contribution in [2.45, 2.75) is 52.2 Å². The summed E-state index contributed by atoms with van der Waals surface area (Å²) < 4.78 is 32.4. The summed E-state index contributed by atoms with van der Waals surface area (Å²) >= 11 is 13.0. The maximum atomic E-state index is 14.2. The van der Waals surface area contributed by atoms with Crippen LogP contribution < -0.4 is 14.4 Å². The predicted octanol–water partition coefficient (Wildman–Crippen LogP) is 5.71. The van der Waals surface area contributed by atoms with Crippen molar-refractivity contribution in [1.82, 2.24) is 10.2 Å². The van der Waals surface area contributed by atoms with Crippen LogP contribution >= 0.6 is 23.2 Å². The van der Waals surface area contributed by atoms with Crippen molar-refractivity contribution < 1.29 is 22.7 Å². The largest absolute Gasteiger partial charge is 0.494 e. The molecule has 0 aliphatic heterocycles. The molecule has 0 saturated heterocycles.